The second-order valence-corrected chi connectivity index (χ2v) is 4.39. The summed E-state index contributed by atoms with van der Waals surface area (Å²) in [6.45, 7) is 7.10. The van der Waals surface area contributed by atoms with E-state index < -0.39 is 23.8 Å². The minimum Gasteiger partial charge on any atom is -0.481 e. The van der Waals surface area contributed by atoms with Crippen LogP contribution in [0.4, 0.5) is 0 Å². The van der Waals surface area contributed by atoms with Gasteiger partial charge in [0.05, 0.1) is 11.8 Å². The summed E-state index contributed by atoms with van der Waals surface area (Å²) in [6, 6.07) is 0. The van der Waals surface area contributed by atoms with Gasteiger partial charge in [-0.2, -0.15) is 0 Å². The van der Waals surface area contributed by atoms with Gasteiger partial charge < -0.3 is 10.2 Å². The zero-order valence-corrected chi connectivity index (χ0v) is 10.7. The van der Waals surface area contributed by atoms with Crippen molar-refractivity contribution in [3.63, 3.8) is 0 Å². The lowest BCUT2D eigenvalue weighted by Gasteiger charge is -2.23. The lowest BCUT2D eigenvalue weighted by atomic mass is 9.81. The summed E-state index contributed by atoms with van der Waals surface area (Å²) in [5.41, 5.74) is 0. The molecule has 102 valence electrons. The Balaban J connectivity index is 0.000000411. The van der Waals surface area contributed by atoms with Crippen molar-refractivity contribution in [2.75, 3.05) is 0 Å². The third kappa shape index (κ3) is 6.89. The van der Waals surface area contributed by atoms with Gasteiger partial charge in [0.2, 0.25) is 0 Å². The summed E-state index contributed by atoms with van der Waals surface area (Å²) in [4.78, 5) is 21.1. The van der Waals surface area contributed by atoms with Gasteiger partial charge in [0.1, 0.15) is 0 Å². The molecule has 0 spiro atoms. The van der Waals surface area contributed by atoms with E-state index in [9.17, 15) is 9.59 Å². The number of carboxylic acids is 2. The standard InChI is InChI=1S/C8H12O4.C6H10/c9-7(10)5-2-1-3-6(4-5)8(11)12;1-3-5-6-4-2/h5-6H,1-4H2,(H,9,10)(H,11,12);3-4H,1-2,5-6H2. The van der Waals surface area contributed by atoms with Crippen LogP contribution in [0.25, 0.3) is 0 Å². The molecule has 1 saturated carbocycles. The number of hydrogen-bond donors (Lipinski definition) is 2. The fourth-order valence-electron chi connectivity index (χ4n) is 1.87. The first-order chi connectivity index (χ1) is 8.52. The van der Waals surface area contributed by atoms with Crippen molar-refractivity contribution in [1.29, 1.82) is 0 Å². The Morgan fingerprint density at radius 2 is 1.39 bits per heavy atom. The molecular weight excluding hydrogens is 232 g/mol. The van der Waals surface area contributed by atoms with Crippen LogP contribution in [-0.4, -0.2) is 22.2 Å². The van der Waals surface area contributed by atoms with Gasteiger partial charge in [0.25, 0.3) is 0 Å². The summed E-state index contributed by atoms with van der Waals surface area (Å²) < 4.78 is 0. The largest absolute Gasteiger partial charge is 0.481 e. The van der Waals surface area contributed by atoms with Crippen LogP contribution >= 0.6 is 0 Å². The number of carbonyl (C=O) groups is 2. The predicted octanol–water partition coefficient (Wildman–Crippen LogP) is 3.10. The zero-order valence-electron chi connectivity index (χ0n) is 10.7. The Morgan fingerprint density at radius 1 is 1.00 bits per heavy atom. The molecule has 2 atom stereocenters. The van der Waals surface area contributed by atoms with Crippen LogP contribution in [0.2, 0.25) is 0 Å². The molecular formula is C14H22O4. The van der Waals surface area contributed by atoms with Gasteiger partial charge in [0.15, 0.2) is 0 Å². The fraction of sp³-hybridized carbons (Fsp3) is 0.571. The number of hydrogen-bond acceptors (Lipinski definition) is 2. The Hall–Kier alpha value is -1.58. The number of carboxylic acid groups (broad SMARTS) is 2. The van der Waals surface area contributed by atoms with Crippen LogP contribution in [-0.2, 0) is 9.59 Å². The molecule has 1 aliphatic rings. The van der Waals surface area contributed by atoms with Crippen LogP contribution in [0.5, 0.6) is 0 Å². The highest BCUT2D eigenvalue weighted by Gasteiger charge is 2.30. The Bertz CT molecular complexity index is 268. The molecule has 18 heavy (non-hydrogen) atoms. The van der Waals surface area contributed by atoms with Crippen LogP contribution in [0.1, 0.15) is 38.5 Å². The topological polar surface area (TPSA) is 74.6 Å². The molecule has 0 heterocycles. The highest BCUT2D eigenvalue weighted by atomic mass is 16.4. The summed E-state index contributed by atoms with van der Waals surface area (Å²) in [6.07, 6.45) is 8.16. The first-order valence-electron chi connectivity index (χ1n) is 6.20. The van der Waals surface area contributed by atoms with E-state index in [0.717, 1.165) is 12.8 Å². The molecule has 0 aliphatic heterocycles. The van der Waals surface area contributed by atoms with Gasteiger partial charge in [-0.25, -0.2) is 0 Å². The Labute approximate surface area is 108 Å². The van der Waals surface area contributed by atoms with Gasteiger partial charge in [-0.3, -0.25) is 9.59 Å². The van der Waals surface area contributed by atoms with E-state index in [4.69, 9.17) is 10.2 Å². The molecule has 0 aromatic heterocycles. The van der Waals surface area contributed by atoms with Crippen LogP contribution in [0.15, 0.2) is 25.3 Å². The lowest BCUT2D eigenvalue weighted by Crippen LogP contribution is -2.26. The molecule has 0 bridgehead atoms. The molecule has 0 radical (unpaired) electrons. The Morgan fingerprint density at radius 3 is 1.67 bits per heavy atom. The number of aliphatic carboxylic acids is 2. The lowest BCUT2D eigenvalue weighted by molar-refractivity contribution is -0.147. The molecule has 4 nitrogen and oxygen atoms in total. The Kier molecular flexibility index (Phi) is 8.62. The van der Waals surface area contributed by atoms with Gasteiger partial charge in [0, 0.05) is 0 Å². The van der Waals surface area contributed by atoms with E-state index in [-0.39, 0.29) is 0 Å². The van der Waals surface area contributed by atoms with E-state index in [1.54, 1.807) is 0 Å². The van der Waals surface area contributed by atoms with Gasteiger partial charge in [-0.1, -0.05) is 18.6 Å². The molecule has 1 aliphatic carbocycles. The fourth-order valence-corrected chi connectivity index (χ4v) is 1.87. The highest BCUT2D eigenvalue weighted by molar-refractivity contribution is 5.74. The smallest absolute Gasteiger partial charge is 0.306 e. The molecule has 0 aromatic carbocycles. The molecule has 0 saturated heterocycles. The van der Waals surface area contributed by atoms with Gasteiger partial charge >= 0.3 is 11.9 Å². The monoisotopic (exact) mass is 254 g/mol. The van der Waals surface area contributed by atoms with Gasteiger partial charge in [-0.15, -0.1) is 13.2 Å². The summed E-state index contributed by atoms with van der Waals surface area (Å²) >= 11 is 0. The number of allylic oxidation sites excluding steroid dienone is 2. The number of rotatable bonds is 5. The maximum atomic E-state index is 10.5. The van der Waals surface area contributed by atoms with Crippen molar-refractivity contribution < 1.29 is 19.8 Å². The van der Waals surface area contributed by atoms with E-state index >= 15 is 0 Å². The first-order valence-corrected chi connectivity index (χ1v) is 6.20. The average molecular weight is 254 g/mol. The van der Waals surface area contributed by atoms with Crippen molar-refractivity contribution in [3.05, 3.63) is 25.3 Å². The van der Waals surface area contributed by atoms with Crippen molar-refractivity contribution in [2.45, 2.75) is 38.5 Å². The quantitative estimate of drug-likeness (QED) is 0.584. The number of unbranched alkanes of at least 4 members (excludes halogenated alkanes) is 1. The molecule has 1 fully saturated rings. The first kappa shape index (κ1) is 16.4. The minimum atomic E-state index is -0.860. The average Bonchev–Trinajstić information content (AvgIpc) is 2.37. The van der Waals surface area contributed by atoms with Crippen LogP contribution in [0.3, 0.4) is 0 Å². The van der Waals surface area contributed by atoms with Crippen LogP contribution < -0.4 is 0 Å². The van der Waals surface area contributed by atoms with Crippen molar-refractivity contribution >= 4 is 11.9 Å². The highest BCUT2D eigenvalue weighted by Crippen LogP contribution is 2.29. The predicted molar refractivity (Wildman–Crippen MR) is 70.3 cm³/mol. The van der Waals surface area contributed by atoms with E-state index in [2.05, 4.69) is 13.2 Å². The maximum absolute atomic E-state index is 10.5. The SMILES string of the molecule is C=CCCC=C.O=C(O)C1CCCC(C(=O)O)C1. The summed E-state index contributed by atoms with van der Waals surface area (Å²) in [5.74, 6) is -2.61. The summed E-state index contributed by atoms with van der Waals surface area (Å²) in [7, 11) is 0. The summed E-state index contributed by atoms with van der Waals surface area (Å²) in [5, 5.41) is 17.3. The van der Waals surface area contributed by atoms with Crippen molar-refractivity contribution in [3.8, 4) is 0 Å². The van der Waals surface area contributed by atoms with Crippen LogP contribution in [0, 0.1) is 11.8 Å². The van der Waals surface area contributed by atoms with Crippen molar-refractivity contribution in [2.24, 2.45) is 11.8 Å². The third-order valence-corrected chi connectivity index (χ3v) is 2.95. The molecule has 2 unspecified atom stereocenters. The molecule has 0 aromatic rings. The van der Waals surface area contributed by atoms with E-state index in [0.29, 0.717) is 25.7 Å². The molecule has 4 heteroatoms. The molecule has 2 N–H and O–H groups in total. The zero-order chi connectivity index (χ0) is 14.0. The van der Waals surface area contributed by atoms with Crippen molar-refractivity contribution in [1.82, 2.24) is 0 Å². The third-order valence-electron chi connectivity index (χ3n) is 2.95. The second-order valence-electron chi connectivity index (χ2n) is 4.39. The molecule has 0 amide bonds. The van der Waals surface area contributed by atoms with E-state index in [1.165, 1.54) is 0 Å². The maximum Gasteiger partial charge on any atom is 0.306 e. The minimum absolute atomic E-state index is 0.296. The van der Waals surface area contributed by atoms with E-state index in [1.807, 2.05) is 12.2 Å². The van der Waals surface area contributed by atoms with Gasteiger partial charge in [-0.05, 0) is 32.1 Å². The normalized spacial score (nSPS) is 22.2. The second kappa shape index (κ2) is 9.45. The molecule has 1 rings (SSSR count).